The highest BCUT2D eigenvalue weighted by Crippen LogP contribution is 2.36. The average Bonchev–Trinajstić information content (AvgIpc) is 2.67. The maximum atomic E-state index is 13.0. The van der Waals surface area contributed by atoms with Crippen molar-refractivity contribution in [1.82, 2.24) is 4.90 Å². The predicted octanol–water partition coefficient (Wildman–Crippen LogP) is 3.31. The van der Waals surface area contributed by atoms with Crippen molar-refractivity contribution in [2.45, 2.75) is 56.6 Å². The van der Waals surface area contributed by atoms with Crippen LogP contribution in [0.1, 0.15) is 45.1 Å². The summed E-state index contributed by atoms with van der Waals surface area (Å²) in [5.74, 6) is 0.630. The lowest BCUT2D eigenvalue weighted by atomic mass is 10.00. The Hall–Kier alpha value is -1.28. The summed E-state index contributed by atoms with van der Waals surface area (Å²) in [5.41, 5.74) is 0.574. The molecule has 3 rings (SSSR count). The molecular weight excluding hydrogens is 434 g/mol. The van der Waals surface area contributed by atoms with Crippen LogP contribution in [-0.4, -0.2) is 50.3 Å². The zero-order chi connectivity index (χ0) is 19.6. The van der Waals surface area contributed by atoms with Gasteiger partial charge >= 0.3 is 0 Å². The third kappa shape index (κ3) is 4.42. The van der Waals surface area contributed by atoms with Crippen LogP contribution in [0.2, 0.25) is 0 Å². The van der Waals surface area contributed by atoms with Gasteiger partial charge < -0.3 is 14.4 Å². The van der Waals surface area contributed by atoms with Crippen molar-refractivity contribution in [3.8, 4) is 11.5 Å². The predicted molar refractivity (Wildman–Crippen MR) is 107 cm³/mol. The monoisotopic (exact) mass is 459 g/mol. The molecule has 0 saturated carbocycles. The zero-order valence-corrected chi connectivity index (χ0v) is 18.1. The van der Waals surface area contributed by atoms with Crippen molar-refractivity contribution < 1.29 is 22.7 Å². The van der Waals surface area contributed by atoms with E-state index in [9.17, 15) is 13.2 Å². The Morgan fingerprint density at radius 2 is 1.93 bits per heavy atom. The Bertz CT molecular complexity index is 811. The highest BCUT2D eigenvalue weighted by atomic mass is 79.9. The summed E-state index contributed by atoms with van der Waals surface area (Å²) in [7, 11) is -3.66. The molecule has 1 amide bonds. The van der Waals surface area contributed by atoms with E-state index in [2.05, 4.69) is 15.9 Å². The largest absolute Gasteiger partial charge is 0.486 e. The number of halogens is 1. The maximum absolute atomic E-state index is 13.0. The van der Waals surface area contributed by atoms with Gasteiger partial charge in [0.25, 0.3) is 0 Å². The molecule has 8 heteroatoms. The summed E-state index contributed by atoms with van der Waals surface area (Å²) in [4.78, 5) is 14.7. The van der Waals surface area contributed by atoms with Crippen molar-refractivity contribution in [3.05, 3.63) is 22.2 Å². The second-order valence-corrected chi connectivity index (χ2v) is 10.3. The minimum atomic E-state index is -3.66. The number of piperidine rings is 1. The number of benzene rings is 1. The van der Waals surface area contributed by atoms with E-state index < -0.39 is 15.1 Å². The van der Waals surface area contributed by atoms with Gasteiger partial charge in [-0.2, -0.15) is 0 Å². The first-order valence-electron chi connectivity index (χ1n) is 9.43. The van der Waals surface area contributed by atoms with Crippen LogP contribution in [0.3, 0.4) is 0 Å². The lowest BCUT2D eigenvalue weighted by molar-refractivity contribution is -0.134. The van der Waals surface area contributed by atoms with Crippen LogP contribution in [0.5, 0.6) is 11.5 Å². The Labute approximate surface area is 169 Å². The molecule has 1 aromatic rings. The van der Waals surface area contributed by atoms with E-state index in [1.807, 2.05) is 6.92 Å². The summed E-state index contributed by atoms with van der Waals surface area (Å²) >= 11 is 3.42. The van der Waals surface area contributed by atoms with Crippen LogP contribution in [0, 0.1) is 0 Å². The van der Waals surface area contributed by atoms with Gasteiger partial charge in [0.15, 0.2) is 21.3 Å². The van der Waals surface area contributed by atoms with Crippen LogP contribution in [0.15, 0.2) is 16.6 Å². The number of fused-ring (bicyclic) bond motifs is 1. The molecule has 2 heterocycles. The number of sulfone groups is 1. The number of carbonyl (C=O) groups is 1. The minimum Gasteiger partial charge on any atom is -0.486 e. The molecule has 0 aromatic heterocycles. The van der Waals surface area contributed by atoms with Crippen molar-refractivity contribution in [1.29, 1.82) is 0 Å². The van der Waals surface area contributed by atoms with Crippen LogP contribution < -0.4 is 9.47 Å². The molecule has 2 atom stereocenters. The highest BCUT2D eigenvalue weighted by Gasteiger charge is 2.35. The molecule has 6 nitrogen and oxygen atoms in total. The fraction of sp³-hybridized carbons (Fsp3) is 0.632. The number of amides is 1. The molecule has 1 aromatic carbocycles. The topological polar surface area (TPSA) is 72.9 Å². The normalized spacial score (nSPS) is 21.0. The molecule has 0 spiro atoms. The summed E-state index contributed by atoms with van der Waals surface area (Å²) in [6.45, 7) is 5.09. The van der Waals surface area contributed by atoms with E-state index in [-0.39, 0.29) is 17.7 Å². The molecule has 1 saturated heterocycles. The summed E-state index contributed by atoms with van der Waals surface area (Å²) in [5, 5.41) is -1.07. The Kier molecular flexibility index (Phi) is 6.35. The molecule has 2 aliphatic heterocycles. The molecule has 2 aliphatic rings. The lowest BCUT2D eigenvalue weighted by Crippen LogP contribution is -2.49. The zero-order valence-electron chi connectivity index (χ0n) is 15.7. The molecule has 0 N–H and O–H groups in total. The summed E-state index contributed by atoms with van der Waals surface area (Å²) in [6, 6.07) is 3.55. The molecule has 27 heavy (non-hydrogen) atoms. The Morgan fingerprint density at radius 1 is 1.26 bits per heavy atom. The number of likely N-dealkylation sites (tertiary alicyclic amines) is 1. The van der Waals surface area contributed by atoms with E-state index in [0.29, 0.717) is 41.3 Å². The van der Waals surface area contributed by atoms with Crippen molar-refractivity contribution >= 4 is 31.7 Å². The average molecular weight is 460 g/mol. The van der Waals surface area contributed by atoms with Gasteiger partial charge in [0.2, 0.25) is 5.91 Å². The standard InChI is InChI=1S/C19H26BrNO5S/c1-3-15-6-4-5-7-21(15)19(22)13(2)27(23,24)12-14-10-17-18(11-16(14)20)26-9-8-25-17/h10-11,13,15H,3-9,12H2,1-2H3/t13-,15+/m1/s1. The van der Waals surface area contributed by atoms with Gasteiger partial charge in [-0.1, -0.05) is 22.9 Å². The van der Waals surface area contributed by atoms with E-state index in [0.717, 1.165) is 25.7 Å². The third-order valence-electron chi connectivity index (χ3n) is 5.34. The number of ether oxygens (including phenoxy) is 2. The second-order valence-electron chi connectivity index (χ2n) is 7.13. The van der Waals surface area contributed by atoms with Crippen molar-refractivity contribution in [2.24, 2.45) is 0 Å². The number of hydrogen-bond acceptors (Lipinski definition) is 5. The van der Waals surface area contributed by atoms with Crippen LogP contribution >= 0.6 is 15.9 Å². The number of rotatable bonds is 5. The lowest BCUT2D eigenvalue weighted by Gasteiger charge is -2.36. The highest BCUT2D eigenvalue weighted by molar-refractivity contribution is 9.10. The molecule has 150 valence electrons. The number of carbonyl (C=O) groups excluding carboxylic acids is 1. The number of nitrogens with zero attached hydrogens (tertiary/aromatic N) is 1. The maximum Gasteiger partial charge on any atom is 0.240 e. The minimum absolute atomic E-state index is 0.143. The Balaban J connectivity index is 1.78. The molecule has 0 radical (unpaired) electrons. The first kappa shape index (κ1) is 20.5. The summed E-state index contributed by atoms with van der Waals surface area (Å²) in [6.07, 6.45) is 3.82. The Morgan fingerprint density at radius 3 is 2.59 bits per heavy atom. The van der Waals surface area contributed by atoms with E-state index in [1.165, 1.54) is 6.92 Å². The molecular formula is C19H26BrNO5S. The van der Waals surface area contributed by atoms with Crippen molar-refractivity contribution in [2.75, 3.05) is 19.8 Å². The van der Waals surface area contributed by atoms with Crippen molar-refractivity contribution in [3.63, 3.8) is 0 Å². The van der Waals surface area contributed by atoms with Gasteiger partial charge in [-0.3, -0.25) is 4.79 Å². The molecule has 0 aliphatic carbocycles. The van der Waals surface area contributed by atoms with Gasteiger partial charge in [0, 0.05) is 17.1 Å². The molecule has 0 unspecified atom stereocenters. The van der Waals surface area contributed by atoms with Gasteiger partial charge in [-0.25, -0.2) is 8.42 Å². The fourth-order valence-corrected chi connectivity index (χ4v) is 5.67. The van der Waals surface area contributed by atoms with Gasteiger partial charge in [-0.15, -0.1) is 0 Å². The smallest absolute Gasteiger partial charge is 0.240 e. The SMILES string of the molecule is CC[C@H]1CCCCN1C(=O)[C@@H](C)S(=O)(=O)Cc1cc2c(cc1Br)OCCO2. The van der Waals surface area contributed by atoms with Gasteiger partial charge in [-0.05, 0) is 50.3 Å². The van der Waals surface area contributed by atoms with E-state index in [1.54, 1.807) is 17.0 Å². The van der Waals surface area contributed by atoms with Crippen LogP contribution in [0.4, 0.5) is 0 Å². The molecule has 1 fully saturated rings. The summed E-state index contributed by atoms with van der Waals surface area (Å²) < 4.78 is 37.6. The van der Waals surface area contributed by atoms with Gasteiger partial charge in [0.1, 0.15) is 18.5 Å². The number of hydrogen-bond donors (Lipinski definition) is 0. The second kappa shape index (κ2) is 8.39. The first-order chi connectivity index (χ1) is 12.8. The fourth-order valence-electron chi connectivity index (χ4n) is 3.66. The van der Waals surface area contributed by atoms with E-state index >= 15 is 0 Å². The van der Waals surface area contributed by atoms with Crippen LogP contribution in [0.25, 0.3) is 0 Å². The van der Waals surface area contributed by atoms with Gasteiger partial charge in [0.05, 0.1) is 5.75 Å². The third-order valence-corrected chi connectivity index (χ3v) is 8.07. The molecule has 0 bridgehead atoms. The van der Waals surface area contributed by atoms with E-state index in [4.69, 9.17) is 9.47 Å². The quantitative estimate of drug-likeness (QED) is 0.674. The first-order valence-corrected chi connectivity index (χ1v) is 11.9. The van der Waals surface area contributed by atoms with Crippen LogP contribution in [-0.2, 0) is 20.4 Å².